The number of nitrogens with two attached hydrogens (primary N) is 1. The summed E-state index contributed by atoms with van der Waals surface area (Å²) in [5.41, 5.74) is 2.40. The summed E-state index contributed by atoms with van der Waals surface area (Å²) in [6.45, 7) is 2.24. The van der Waals surface area contributed by atoms with E-state index in [9.17, 15) is 13.2 Å². The van der Waals surface area contributed by atoms with E-state index in [1.54, 1.807) is 24.3 Å². The van der Waals surface area contributed by atoms with Crippen molar-refractivity contribution in [1.29, 1.82) is 0 Å². The molecule has 0 unspecified atom stereocenters. The predicted octanol–water partition coefficient (Wildman–Crippen LogP) is 1.57. The van der Waals surface area contributed by atoms with Crippen LogP contribution in [-0.2, 0) is 16.6 Å². The smallest absolute Gasteiger partial charge is 0.251 e. The molecule has 0 radical (unpaired) electrons. The van der Waals surface area contributed by atoms with E-state index >= 15 is 0 Å². The van der Waals surface area contributed by atoms with Crippen LogP contribution in [0.25, 0.3) is 0 Å². The number of primary sulfonamides is 1. The summed E-state index contributed by atoms with van der Waals surface area (Å²) in [4.78, 5) is 12.0. The molecule has 1 amide bonds. The minimum absolute atomic E-state index is 0.0521. The van der Waals surface area contributed by atoms with Gasteiger partial charge in [-0.2, -0.15) is 0 Å². The maximum atomic E-state index is 12.0. The quantitative estimate of drug-likeness (QED) is 0.898. The molecule has 0 saturated heterocycles. The average molecular weight is 304 g/mol. The lowest BCUT2D eigenvalue weighted by Crippen LogP contribution is -2.22. The van der Waals surface area contributed by atoms with Crippen molar-refractivity contribution in [2.45, 2.75) is 18.4 Å². The zero-order valence-electron chi connectivity index (χ0n) is 11.5. The van der Waals surface area contributed by atoms with Crippen molar-refractivity contribution in [2.24, 2.45) is 5.14 Å². The van der Waals surface area contributed by atoms with Gasteiger partial charge in [0.15, 0.2) is 0 Å². The molecule has 0 saturated carbocycles. The molecule has 0 spiro atoms. The first kappa shape index (κ1) is 15.2. The van der Waals surface area contributed by atoms with Gasteiger partial charge in [0, 0.05) is 12.1 Å². The van der Waals surface area contributed by atoms with Crippen LogP contribution in [-0.4, -0.2) is 14.3 Å². The van der Waals surface area contributed by atoms with Crippen molar-refractivity contribution < 1.29 is 13.2 Å². The highest BCUT2D eigenvalue weighted by Crippen LogP contribution is 2.09. The van der Waals surface area contributed by atoms with Crippen LogP contribution < -0.4 is 10.5 Å². The van der Waals surface area contributed by atoms with Gasteiger partial charge in [-0.25, -0.2) is 13.6 Å². The van der Waals surface area contributed by atoms with Gasteiger partial charge in [-0.05, 0) is 36.8 Å². The molecular weight excluding hydrogens is 288 g/mol. The lowest BCUT2D eigenvalue weighted by atomic mass is 10.1. The fraction of sp³-hybridized carbons (Fsp3) is 0.133. The minimum Gasteiger partial charge on any atom is -0.348 e. The van der Waals surface area contributed by atoms with Gasteiger partial charge in [0.1, 0.15) is 0 Å². The fourth-order valence-corrected chi connectivity index (χ4v) is 2.38. The molecule has 2 rings (SSSR count). The van der Waals surface area contributed by atoms with Gasteiger partial charge in [0.2, 0.25) is 10.0 Å². The zero-order valence-corrected chi connectivity index (χ0v) is 12.4. The number of carbonyl (C=O) groups excluding carboxylic acids is 1. The van der Waals surface area contributed by atoms with Crippen LogP contribution in [0.5, 0.6) is 0 Å². The summed E-state index contributed by atoms with van der Waals surface area (Å²) in [6.07, 6.45) is 0. The highest BCUT2D eigenvalue weighted by molar-refractivity contribution is 7.89. The maximum absolute atomic E-state index is 12.0. The molecule has 0 aliphatic rings. The Morgan fingerprint density at radius 3 is 2.38 bits per heavy atom. The topological polar surface area (TPSA) is 89.3 Å². The van der Waals surface area contributed by atoms with Crippen LogP contribution >= 0.6 is 0 Å². The number of nitrogens with one attached hydrogen (secondary N) is 1. The number of amides is 1. The first-order valence-corrected chi connectivity index (χ1v) is 7.87. The minimum atomic E-state index is -3.69. The van der Waals surface area contributed by atoms with Crippen LogP contribution in [0.2, 0.25) is 0 Å². The van der Waals surface area contributed by atoms with Gasteiger partial charge in [0.25, 0.3) is 5.91 Å². The maximum Gasteiger partial charge on any atom is 0.251 e. The standard InChI is InChI=1S/C15H16N2O3S/c1-11-3-2-4-13(9-11)15(18)17-10-12-5-7-14(8-6-12)21(16,19)20/h2-9H,10H2,1H3,(H,17,18)(H2,16,19,20). The number of benzene rings is 2. The third-order valence-corrected chi connectivity index (χ3v) is 3.91. The van der Waals surface area contributed by atoms with Crippen molar-refractivity contribution >= 4 is 15.9 Å². The van der Waals surface area contributed by atoms with Crippen LogP contribution in [0.3, 0.4) is 0 Å². The van der Waals surface area contributed by atoms with Gasteiger partial charge in [0.05, 0.1) is 4.90 Å². The Morgan fingerprint density at radius 2 is 1.81 bits per heavy atom. The monoisotopic (exact) mass is 304 g/mol. The van der Waals surface area contributed by atoms with E-state index in [1.165, 1.54) is 12.1 Å². The molecule has 6 heteroatoms. The molecule has 0 bridgehead atoms. The Kier molecular flexibility index (Phi) is 4.40. The molecule has 110 valence electrons. The molecule has 0 fully saturated rings. The Morgan fingerprint density at radius 1 is 1.14 bits per heavy atom. The molecule has 0 heterocycles. The van der Waals surface area contributed by atoms with E-state index in [0.29, 0.717) is 12.1 Å². The SMILES string of the molecule is Cc1cccc(C(=O)NCc2ccc(S(N)(=O)=O)cc2)c1. The highest BCUT2D eigenvalue weighted by Gasteiger charge is 2.08. The summed E-state index contributed by atoms with van der Waals surface area (Å²) in [6, 6.07) is 13.4. The number of aryl methyl sites for hydroxylation is 1. The molecular formula is C15H16N2O3S. The summed E-state index contributed by atoms with van der Waals surface area (Å²) < 4.78 is 22.3. The van der Waals surface area contributed by atoms with Crippen molar-refractivity contribution in [3.05, 3.63) is 65.2 Å². The van der Waals surface area contributed by atoms with E-state index in [1.807, 2.05) is 19.1 Å². The van der Waals surface area contributed by atoms with Crippen molar-refractivity contribution in [3.63, 3.8) is 0 Å². The summed E-state index contributed by atoms with van der Waals surface area (Å²) in [5, 5.41) is 7.80. The second kappa shape index (κ2) is 6.07. The molecule has 2 aromatic carbocycles. The lowest BCUT2D eigenvalue weighted by Gasteiger charge is -2.06. The normalized spacial score (nSPS) is 11.1. The van der Waals surface area contributed by atoms with E-state index < -0.39 is 10.0 Å². The molecule has 0 aliphatic carbocycles. The molecule has 21 heavy (non-hydrogen) atoms. The van der Waals surface area contributed by atoms with Crippen molar-refractivity contribution in [1.82, 2.24) is 5.32 Å². The van der Waals surface area contributed by atoms with E-state index in [4.69, 9.17) is 5.14 Å². The number of hydrogen-bond donors (Lipinski definition) is 2. The molecule has 0 atom stereocenters. The van der Waals surface area contributed by atoms with Gasteiger partial charge in [-0.1, -0.05) is 29.8 Å². The van der Waals surface area contributed by atoms with Crippen molar-refractivity contribution in [3.8, 4) is 0 Å². The van der Waals surface area contributed by atoms with E-state index in [0.717, 1.165) is 11.1 Å². The first-order chi connectivity index (χ1) is 9.86. The number of sulfonamides is 1. The Hall–Kier alpha value is -2.18. The van der Waals surface area contributed by atoms with Gasteiger partial charge in [-0.15, -0.1) is 0 Å². The highest BCUT2D eigenvalue weighted by atomic mass is 32.2. The molecule has 0 aromatic heterocycles. The third kappa shape index (κ3) is 4.14. The average Bonchev–Trinajstić information content (AvgIpc) is 2.44. The van der Waals surface area contributed by atoms with E-state index in [-0.39, 0.29) is 10.8 Å². The summed E-state index contributed by atoms with van der Waals surface area (Å²) >= 11 is 0. The second-order valence-corrected chi connectivity index (χ2v) is 6.30. The number of carbonyl (C=O) groups is 1. The number of hydrogen-bond acceptors (Lipinski definition) is 3. The van der Waals surface area contributed by atoms with E-state index in [2.05, 4.69) is 5.32 Å². The molecule has 0 aliphatic heterocycles. The van der Waals surface area contributed by atoms with Crippen molar-refractivity contribution in [2.75, 3.05) is 0 Å². The number of rotatable bonds is 4. The van der Waals surface area contributed by atoms with Gasteiger partial charge < -0.3 is 5.32 Å². The first-order valence-electron chi connectivity index (χ1n) is 6.33. The van der Waals surface area contributed by atoms with Crippen LogP contribution in [0.4, 0.5) is 0 Å². The van der Waals surface area contributed by atoms with Gasteiger partial charge in [-0.3, -0.25) is 4.79 Å². The van der Waals surface area contributed by atoms with Crippen LogP contribution in [0.15, 0.2) is 53.4 Å². The largest absolute Gasteiger partial charge is 0.348 e. The Balaban J connectivity index is 2.02. The Labute approximate surface area is 123 Å². The van der Waals surface area contributed by atoms with Gasteiger partial charge >= 0.3 is 0 Å². The van der Waals surface area contributed by atoms with Crippen LogP contribution in [0, 0.1) is 6.92 Å². The third-order valence-electron chi connectivity index (χ3n) is 2.99. The molecule has 3 N–H and O–H groups in total. The summed E-state index contributed by atoms with van der Waals surface area (Å²) in [5.74, 6) is -0.172. The Bertz CT molecular complexity index is 753. The predicted molar refractivity (Wildman–Crippen MR) is 80.2 cm³/mol. The van der Waals surface area contributed by atoms with Crippen LogP contribution in [0.1, 0.15) is 21.5 Å². The fourth-order valence-electron chi connectivity index (χ4n) is 1.87. The summed E-state index contributed by atoms with van der Waals surface area (Å²) in [7, 11) is -3.69. The zero-order chi connectivity index (χ0) is 15.5. The second-order valence-electron chi connectivity index (χ2n) is 4.74. The molecule has 5 nitrogen and oxygen atoms in total. The lowest BCUT2D eigenvalue weighted by molar-refractivity contribution is 0.0951. The molecule has 2 aromatic rings.